The first-order chi connectivity index (χ1) is 12.1. The fourth-order valence-electron chi connectivity index (χ4n) is 3.35. The molecule has 0 aliphatic carbocycles. The molecule has 2 heterocycles. The van der Waals surface area contributed by atoms with Gasteiger partial charge in [-0.05, 0) is 30.7 Å². The van der Waals surface area contributed by atoms with E-state index in [2.05, 4.69) is 4.57 Å². The van der Waals surface area contributed by atoms with Crippen molar-refractivity contribution in [1.29, 1.82) is 0 Å². The van der Waals surface area contributed by atoms with Crippen molar-refractivity contribution in [2.45, 2.75) is 32.7 Å². The third-order valence-electron chi connectivity index (χ3n) is 4.81. The van der Waals surface area contributed by atoms with E-state index in [-0.39, 0.29) is 11.8 Å². The van der Waals surface area contributed by atoms with Crippen molar-refractivity contribution in [3.63, 3.8) is 0 Å². The maximum atomic E-state index is 12.4. The van der Waals surface area contributed by atoms with Crippen molar-refractivity contribution >= 4 is 34.3 Å². The van der Waals surface area contributed by atoms with E-state index in [4.69, 9.17) is 11.6 Å². The van der Waals surface area contributed by atoms with Crippen LogP contribution in [0.15, 0.2) is 30.5 Å². The fraction of sp³-hybridized carbons (Fsp3) is 0.474. The van der Waals surface area contributed by atoms with Crippen LogP contribution in [0.5, 0.6) is 0 Å². The molecular weight excluding hydrogens is 338 g/mol. The lowest BCUT2D eigenvalue weighted by Gasteiger charge is -2.34. The number of hydrogen-bond acceptors (Lipinski definition) is 2. The van der Waals surface area contributed by atoms with Gasteiger partial charge in [-0.2, -0.15) is 0 Å². The molecule has 1 aromatic carbocycles. The molecule has 0 spiro atoms. The molecule has 6 heteroatoms. The topological polar surface area (TPSA) is 45.6 Å². The third-order valence-corrected chi connectivity index (χ3v) is 5.05. The summed E-state index contributed by atoms with van der Waals surface area (Å²) in [7, 11) is 0. The van der Waals surface area contributed by atoms with Crippen LogP contribution in [0.4, 0.5) is 0 Å². The van der Waals surface area contributed by atoms with E-state index < -0.39 is 0 Å². The first-order valence-electron chi connectivity index (χ1n) is 8.88. The average molecular weight is 362 g/mol. The Labute approximate surface area is 153 Å². The van der Waals surface area contributed by atoms with E-state index in [0.717, 1.165) is 28.9 Å². The van der Waals surface area contributed by atoms with Crippen LogP contribution >= 0.6 is 11.6 Å². The van der Waals surface area contributed by atoms with Crippen LogP contribution in [-0.4, -0.2) is 52.4 Å². The second kappa shape index (κ2) is 7.91. The van der Waals surface area contributed by atoms with Gasteiger partial charge < -0.3 is 14.4 Å². The largest absolute Gasteiger partial charge is 0.347 e. The molecule has 25 heavy (non-hydrogen) atoms. The molecule has 1 saturated heterocycles. The highest BCUT2D eigenvalue weighted by Crippen LogP contribution is 2.21. The zero-order chi connectivity index (χ0) is 17.8. The smallest absolute Gasteiger partial charge is 0.222 e. The summed E-state index contributed by atoms with van der Waals surface area (Å²) in [5.74, 6) is 0.356. The highest BCUT2D eigenvalue weighted by Gasteiger charge is 2.22. The van der Waals surface area contributed by atoms with Crippen molar-refractivity contribution in [2.24, 2.45) is 0 Å². The van der Waals surface area contributed by atoms with Gasteiger partial charge >= 0.3 is 0 Å². The number of aromatic nitrogens is 1. The van der Waals surface area contributed by atoms with Gasteiger partial charge in [0.2, 0.25) is 11.8 Å². The Kier molecular flexibility index (Phi) is 5.63. The Balaban J connectivity index is 1.47. The molecule has 0 bridgehead atoms. The van der Waals surface area contributed by atoms with Gasteiger partial charge in [0.05, 0.1) is 0 Å². The van der Waals surface area contributed by atoms with Gasteiger partial charge in [0.15, 0.2) is 0 Å². The average Bonchev–Trinajstić information content (AvgIpc) is 3.03. The van der Waals surface area contributed by atoms with Gasteiger partial charge in [0.25, 0.3) is 0 Å². The van der Waals surface area contributed by atoms with Gasteiger partial charge in [-0.15, -0.1) is 0 Å². The number of benzene rings is 1. The first-order valence-corrected chi connectivity index (χ1v) is 9.26. The number of hydrogen-bond donors (Lipinski definition) is 0. The summed E-state index contributed by atoms with van der Waals surface area (Å²) < 4.78 is 2.16. The molecule has 3 rings (SSSR count). The number of fused-ring (bicyclic) bond motifs is 1. The minimum atomic E-state index is 0.173. The van der Waals surface area contributed by atoms with Crippen LogP contribution in [0.1, 0.15) is 26.2 Å². The number of piperazine rings is 1. The summed E-state index contributed by atoms with van der Waals surface area (Å²) in [6.07, 6.45) is 3.92. The molecule has 1 aliphatic heterocycles. The highest BCUT2D eigenvalue weighted by molar-refractivity contribution is 6.31. The van der Waals surface area contributed by atoms with E-state index in [1.807, 2.05) is 47.2 Å². The summed E-state index contributed by atoms with van der Waals surface area (Å²) in [6.45, 7) is 5.29. The minimum Gasteiger partial charge on any atom is -0.347 e. The van der Waals surface area contributed by atoms with Gasteiger partial charge in [-0.1, -0.05) is 18.5 Å². The standard InChI is InChI=1S/C19H24ClN3O2/c1-2-18(24)22-10-12-23(13-11-22)19(25)4-3-8-21-9-7-15-14-16(20)5-6-17(15)21/h5-7,9,14H,2-4,8,10-13H2,1H3. The Hall–Kier alpha value is -2.01. The van der Waals surface area contributed by atoms with Crippen molar-refractivity contribution in [2.75, 3.05) is 26.2 Å². The highest BCUT2D eigenvalue weighted by atomic mass is 35.5. The molecule has 1 aromatic heterocycles. The molecule has 0 unspecified atom stereocenters. The number of nitrogens with zero attached hydrogens (tertiary/aromatic N) is 3. The van der Waals surface area contributed by atoms with E-state index in [0.29, 0.717) is 39.0 Å². The first kappa shape index (κ1) is 17.8. The predicted octanol–water partition coefficient (Wildman–Crippen LogP) is 3.16. The Morgan fingerprint density at radius 3 is 2.40 bits per heavy atom. The van der Waals surface area contributed by atoms with Crippen molar-refractivity contribution < 1.29 is 9.59 Å². The molecule has 134 valence electrons. The molecule has 0 N–H and O–H groups in total. The number of carbonyl (C=O) groups is 2. The van der Waals surface area contributed by atoms with Crippen molar-refractivity contribution in [3.8, 4) is 0 Å². The Bertz CT molecular complexity index is 763. The number of amides is 2. The number of rotatable bonds is 5. The monoisotopic (exact) mass is 361 g/mol. The maximum absolute atomic E-state index is 12.4. The lowest BCUT2D eigenvalue weighted by atomic mass is 10.2. The zero-order valence-electron chi connectivity index (χ0n) is 14.6. The molecule has 0 radical (unpaired) electrons. The van der Waals surface area contributed by atoms with E-state index in [1.54, 1.807) is 0 Å². The Morgan fingerprint density at radius 1 is 1.04 bits per heavy atom. The zero-order valence-corrected chi connectivity index (χ0v) is 15.3. The third kappa shape index (κ3) is 4.15. The Morgan fingerprint density at radius 2 is 1.72 bits per heavy atom. The van der Waals surface area contributed by atoms with E-state index in [9.17, 15) is 9.59 Å². The van der Waals surface area contributed by atoms with Crippen LogP contribution in [0, 0.1) is 0 Å². The van der Waals surface area contributed by atoms with Crippen LogP contribution < -0.4 is 0 Å². The molecule has 1 fully saturated rings. The maximum Gasteiger partial charge on any atom is 0.222 e. The summed E-state index contributed by atoms with van der Waals surface area (Å²) in [5, 5.41) is 1.86. The van der Waals surface area contributed by atoms with Gasteiger partial charge in [0, 0.05) is 67.7 Å². The van der Waals surface area contributed by atoms with Crippen LogP contribution in [-0.2, 0) is 16.1 Å². The van der Waals surface area contributed by atoms with Crippen LogP contribution in [0.25, 0.3) is 10.9 Å². The predicted molar refractivity (Wildman–Crippen MR) is 99.6 cm³/mol. The summed E-state index contributed by atoms with van der Waals surface area (Å²) in [6, 6.07) is 7.91. The molecule has 5 nitrogen and oxygen atoms in total. The number of halogens is 1. The van der Waals surface area contributed by atoms with E-state index in [1.165, 1.54) is 0 Å². The van der Waals surface area contributed by atoms with Gasteiger partial charge in [-0.3, -0.25) is 9.59 Å². The van der Waals surface area contributed by atoms with Gasteiger partial charge in [0.1, 0.15) is 0 Å². The summed E-state index contributed by atoms with van der Waals surface area (Å²) in [5.41, 5.74) is 1.14. The number of carbonyl (C=O) groups excluding carboxylic acids is 2. The molecule has 2 amide bonds. The SMILES string of the molecule is CCC(=O)N1CCN(C(=O)CCCn2ccc3cc(Cl)ccc32)CC1. The summed E-state index contributed by atoms with van der Waals surface area (Å²) in [4.78, 5) is 27.8. The fourth-order valence-corrected chi connectivity index (χ4v) is 3.53. The molecule has 0 atom stereocenters. The second-order valence-corrected chi connectivity index (χ2v) is 6.87. The number of aryl methyl sites for hydroxylation is 1. The second-order valence-electron chi connectivity index (χ2n) is 6.43. The van der Waals surface area contributed by atoms with Crippen LogP contribution in [0.2, 0.25) is 5.02 Å². The van der Waals surface area contributed by atoms with Crippen molar-refractivity contribution in [3.05, 3.63) is 35.5 Å². The summed E-state index contributed by atoms with van der Waals surface area (Å²) >= 11 is 6.01. The molecular formula is C19H24ClN3O2. The minimum absolute atomic E-state index is 0.173. The lowest BCUT2D eigenvalue weighted by Crippen LogP contribution is -2.50. The van der Waals surface area contributed by atoms with Crippen molar-refractivity contribution in [1.82, 2.24) is 14.4 Å². The molecule has 1 aliphatic rings. The van der Waals surface area contributed by atoms with Crippen LogP contribution in [0.3, 0.4) is 0 Å². The lowest BCUT2D eigenvalue weighted by molar-refractivity contribution is -0.139. The van der Waals surface area contributed by atoms with E-state index >= 15 is 0 Å². The quantitative estimate of drug-likeness (QED) is 0.821. The van der Waals surface area contributed by atoms with Gasteiger partial charge in [-0.25, -0.2) is 0 Å². The normalized spacial score (nSPS) is 15.0. The molecule has 2 aromatic rings. The molecule has 0 saturated carbocycles.